The summed E-state index contributed by atoms with van der Waals surface area (Å²) in [6.45, 7) is 0. The van der Waals surface area contributed by atoms with Crippen LogP contribution in [0.4, 0.5) is 5.82 Å². The minimum Gasteiger partial charge on any atom is -0.307 e. The van der Waals surface area contributed by atoms with Crippen LogP contribution in [-0.4, -0.2) is 20.7 Å². The van der Waals surface area contributed by atoms with E-state index in [0.29, 0.717) is 11.4 Å². The molecule has 0 fully saturated rings. The molecule has 1 aliphatic carbocycles. The molecule has 142 valence electrons. The van der Waals surface area contributed by atoms with Crippen molar-refractivity contribution < 1.29 is 4.79 Å². The molecule has 2 heterocycles. The zero-order valence-electron chi connectivity index (χ0n) is 16.1. The van der Waals surface area contributed by atoms with Crippen LogP contribution < -0.4 is 5.32 Å². The van der Waals surface area contributed by atoms with Crippen LogP contribution in [0.3, 0.4) is 0 Å². The highest BCUT2D eigenvalue weighted by atomic mass is 16.1. The second-order valence-corrected chi connectivity index (χ2v) is 7.34. The standard InChI is InChI=1S/C24H20N4O/c1-28-15-22(14-26-28)18-7-9-20-13-25-23(12-21(20)11-18)27-24(29)19-8-6-16-4-2-3-5-17(16)10-19/h2,4,6-15H,3,5H2,1H3,(H,25,27,29). The topological polar surface area (TPSA) is 59.8 Å². The molecule has 0 saturated carbocycles. The molecule has 5 nitrogen and oxygen atoms in total. The van der Waals surface area contributed by atoms with Crippen LogP contribution in [0.1, 0.15) is 27.9 Å². The lowest BCUT2D eigenvalue weighted by Gasteiger charge is -2.12. The summed E-state index contributed by atoms with van der Waals surface area (Å²) < 4.78 is 1.78. The van der Waals surface area contributed by atoms with E-state index in [9.17, 15) is 4.79 Å². The molecule has 0 bridgehead atoms. The van der Waals surface area contributed by atoms with Crippen LogP contribution in [0.25, 0.3) is 28.0 Å². The number of nitrogens with one attached hydrogen (secondary N) is 1. The second-order valence-electron chi connectivity index (χ2n) is 7.34. The average Bonchev–Trinajstić information content (AvgIpc) is 3.19. The number of nitrogens with zero attached hydrogens (tertiary/aromatic N) is 3. The number of aromatic nitrogens is 3. The average molecular weight is 380 g/mol. The Kier molecular flexibility index (Phi) is 4.21. The highest BCUT2D eigenvalue weighted by molar-refractivity contribution is 6.05. The summed E-state index contributed by atoms with van der Waals surface area (Å²) in [4.78, 5) is 17.2. The maximum absolute atomic E-state index is 12.7. The van der Waals surface area contributed by atoms with Gasteiger partial charge in [-0.25, -0.2) is 4.98 Å². The molecule has 1 N–H and O–H groups in total. The Morgan fingerprint density at radius 2 is 1.97 bits per heavy atom. The van der Waals surface area contributed by atoms with Gasteiger partial charge in [-0.05, 0) is 59.2 Å². The van der Waals surface area contributed by atoms with Crippen LogP contribution >= 0.6 is 0 Å². The van der Waals surface area contributed by atoms with Crippen molar-refractivity contribution in [3.8, 4) is 11.1 Å². The first-order valence-electron chi connectivity index (χ1n) is 9.65. The number of carbonyl (C=O) groups excluding carboxylic acids is 1. The van der Waals surface area contributed by atoms with Crippen LogP contribution in [-0.2, 0) is 13.5 Å². The molecule has 0 spiro atoms. The molecule has 0 aliphatic heterocycles. The van der Waals surface area contributed by atoms with Crippen molar-refractivity contribution in [2.75, 3.05) is 5.32 Å². The molecule has 0 unspecified atom stereocenters. The van der Waals surface area contributed by atoms with Gasteiger partial charge in [-0.15, -0.1) is 0 Å². The van der Waals surface area contributed by atoms with Gasteiger partial charge in [-0.1, -0.05) is 30.4 Å². The molecule has 1 amide bonds. The van der Waals surface area contributed by atoms with Crippen molar-refractivity contribution in [1.82, 2.24) is 14.8 Å². The first kappa shape index (κ1) is 17.4. The number of aryl methyl sites for hydroxylation is 2. The molecule has 5 heteroatoms. The highest BCUT2D eigenvalue weighted by Crippen LogP contribution is 2.26. The third kappa shape index (κ3) is 3.43. The van der Waals surface area contributed by atoms with Gasteiger partial charge in [-0.3, -0.25) is 9.48 Å². The Morgan fingerprint density at radius 3 is 2.83 bits per heavy atom. The van der Waals surface area contributed by atoms with Crippen molar-refractivity contribution in [3.63, 3.8) is 0 Å². The van der Waals surface area contributed by atoms with Gasteiger partial charge in [0.25, 0.3) is 5.91 Å². The fourth-order valence-corrected chi connectivity index (χ4v) is 3.72. The molecule has 5 rings (SSSR count). The van der Waals surface area contributed by atoms with E-state index in [1.807, 2.05) is 49.8 Å². The number of rotatable bonds is 3. The van der Waals surface area contributed by atoms with Crippen LogP contribution in [0.15, 0.2) is 67.1 Å². The minimum absolute atomic E-state index is 0.141. The molecular weight excluding hydrogens is 360 g/mol. The van der Waals surface area contributed by atoms with Gasteiger partial charge in [0.15, 0.2) is 0 Å². The summed E-state index contributed by atoms with van der Waals surface area (Å²) in [6, 6.07) is 14.0. The van der Waals surface area contributed by atoms with E-state index in [0.717, 1.165) is 34.7 Å². The van der Waals surface area contributed by atoms with E-state index in [2.05, 4.69) is 39.7 Å². The number of carbonyl (C=O) groups is 1. The van der Waals surface area contributed by atoms with Gasteiger partial charge in [-0.2, -0.15) is 5.10 Å². The van der Waals surface area contributed by atoms with Crippen LogP contribution in [0.2, 0.25) is 0 Å². The lowest BCUT2D eigenvalue weighted by Crippen LogP contribution is -2.13. The van der Waals surface area contributed by atoms with E-state index < -0.39 is 0 Å². The van der Waals surface area contributed by atoms with Crippen molar-refractivity contribution in [3.05, 3.63) is 83.8 Å². The smallest absolute Gasteiger partial charge is 0.256 e. The Hall–Kier alpha value is -3.73. The van der Waals surface area contributed by atoms with Crippen LogP contribution in [0.5, 0.6) is 0 Å². The Balaban J connectivity index is 1.42. The van der Waals surface area contributed by atoms with E-state index in [1.165, 1.54) is 11.1 Å². The first-order valence-corrected chi connectivity index (χ1v) is 9.65. The molecule has 1 aliphatic rings. The van der Waals surface area contributed by atoms with Gasteiger partial charge >= 0.3 is 0 Å². The fraction of sp³-hybridized carbons (Fsp3) is 0.125. The number of anilines is 1. The molecule has 0 radical (unpaired) electrons. The SMILES string of the molecule is Cn1cc(-c2ccc3cnc(NC(=O)c4ccc5c(c4)CCC=C5)cc3c2)cn1. The van der Waals surface area contributed by atoms with Crippen molar-refractivity contribution in [2.45, 2.75) is 12.8 Å². The monoisotopic (exact) mass is 380 g/mol. The molecule has 29 heavy (non-hydrogen) atoms. The lowest BCUT2D eigenvalue weighted by atomic mass is 9.95. The lowest BCUT2D eigenvalue weighted by molar-refractivity contribution is 0.102. The Labute approximate surface area is 168 Å². The number of fused-ring (bicyclic) bond motifs is 2. The van der Waals surface area contributed by atoms with Crippen molar-refractivity contribution in [1.29, 1.82) is 0 Å². The van der Waals surface area contributed by atoms with Crippen LogP contribution in [0, 0.1) is 0 Å². The molecule has 2 aromatic carbocycles. The largest absolute Gasteiger partial charge is 0.307 e. The van der Waals surface area contributed by atoms with Gasteiger partial charge in [0, 0.05) is 36.0 Å². The first-order chi connectivity index (χ1) is 14.2. The molecule has 0 atom stereocenters. The molecule has 4 aromatic rings. The predicted octanol–water partition coefficient (Wildman–Crippen LogP) is 4.85. The van der Waals surface area contributed by atoms with Crippen molar-refractivity contribution >= 4 is 28.6 Å². The summed E-state index contributed by atoms with van der Waals surface area (Å²) >= 11 is 0. The maximum atomic E-state index is 12.7. The Morgan fingerprint density at radius 1 is 1.03 bits per heavy atom. The van der Waals surface area contributed by atoms with Crippen molar-refractivity contribution in [2.24, 2.45) is 7.05 Å². The number of allylic oxidation sites excluding steroid dienone is 1. The third-order valence-electron chi connectivity index (χ3n) is 5.28. The third-order valence-corrected chi connectivity index (χ3v) is 5.28. The number of hydrogen-bond donors (Lipinski definition) is 1. The fourth-order valence-electron chi connectivity index (χ4n) is 3.72. The summed E-state index contributed by atoms with van der Waals surface area (Å²) in [5, 5.41) is 9.22. The number of hydrogen-bond acceptors (Lipinski definition) is 3. The molecule has 0 saturated heterocycles. The van der Waals surface area contributed by atoms with Gasteiger partial charge in [0.1, 0.15) is 5.82 Å². The number of pyridine rings is 1. The van der Waals surface area contributed by atoms with Gasteiger partial charge in [0.2, 0.25) is 0 Å². The summed E-state index contributed by atoms with van der Waals surface area (Å²) in [5.74, 6) is 0.404. The molecule has 2 aromatic heterocycles. The van der Waals surface area contributed by atoms with Gasteiger partial charge < -0.3 is 5.32 Å². The summed E-state index contributed by atoms with van der Waals surface area (Å²) in [7, 11) is 1.90. The van der Waals surface area contributed by atoms with Gasteiger partial charge in [0.05, 0.1) is 6.20 Å². The van der Waals surface area contributed by atoms with E-state index >= 15 is 0 Å². The Bertz CT molecular complexity index is 1270. The zero-order chi connectivity index (χ0) is 19.8. The highest BCUT2D eigenvalue weighted by Gasteiger charge is 2.12. The summed E-state index contributed by atoms with van der Waals surface area (Å²) in [6.07, 6.45) is 11.9. The number of amides is 1. The quantitative estimate of drug-likeness (QED) is 0.553. The molecular formula is C24H20N4O. The van der Waals surface area contributed by atoms with E-state index in [1.54, 1.807) is 10.9 Å². The minimum atomic E-state index is -0.141. The van der Waals surface area contributed by atoms with E-state index in [-0.39, 0.29) is 5.91 Å². The second kappa shape index (κ2) is 7.02. The normalized spacial score (nSPS) is 12.7. The van der Waals surface area contributed by atoms with E-state index in [4.69, 9.17) is 0 Å². The maximum Gasteiger partial charge on any atom is 0.256 e. The predicted molar refractivity (Wildman–Crippen MR) is 116 cm³/mol. The zero-order valence-corrected chi connectivity index (χ0v) is 16.1. The number of benzene rings is 2. The summed E-state index contributed by atoms with van der Waals surface area (Å²) in [5.41, 5.74) is 5.20.